The van der Waals surface area contributed by atoms with Crippen LogP contribution in [0.1, 0.15) is 68.7 Å². The SMILES string of the molecule is CCOC1CC(N2CCC(c3cnc(-c4n[nH]c(-c5cc(OC)c6ncnn6c5)c4C(C)C)s3)CC2)C1. The van der Waals surface area contributed by atoms with Crippen molar-refractivity contribution in [1.29, 1.82) is 0 Å². The van der Waals surface area contributed by atoms with Crippen LogP contribution in [0.25, 0.3) is 27.6 Å². The Morgan fingerprint density at radius 2 is 2.00 bits per heavy atom. The van der Waals surface area contributed by atoms with Gasteiger partial charge in [-0.15, -0.1) is 11.3 Å². The van der Waals surface area contributed by atoms with E-state index in [1.165, 1.54) is 36.9 Å². The summed E-state index contributed by atoms with van der Waals surface area (Å²) in [6, 6.07) is 2.70. The van der Waals surface area contributed by atoms with E-state index in [9.17, 15) is 0 Å². The standard InChI is InChI=1S/C27H35N7O2S/c1-5-36-20-11-19(12-20)33-8-6-17(7-9-33)22-13-28-27(37-22)25-23(16(2)3)24(31-32-25)18-10-21(35-4)26-29-15-30-34(26)14-18/h10,13-17,19-20H,5-9,11-12H2,1-4H3,(H,31,32). The van der Waals surface area contributed by atoms with Crippen LogP contribution >= 0.6 is 11.3 Å². The lowest BCUT2D eigenvalue weighted by atomic mass is 9.85. The molecule has 37 heavy (non-hydrogen) atoms. The zero-order chi connectivity index (χ0) is 25.5. The topological polar surface area (TPSA) is 93.5 Å². The zero-order valence-corrected chi connectivity index (χ0v) is 22.8. The third kappa shape index (κ3) is 4.55. The Bertz CT molecular complexity index is 1360. The summed E-state index contributed by atoms with van der Waals surface area (Å²) >= 11 is 1.80. The van der Waals surface area contributed by atoms with Gasteiger partial charge in [-0.3, -0.25) is 5.10 Å². The van der Waals surface area contributed by atoms with Gasteiger partial charge >= 0.3 is 0 Å². The summed E-state index contributed by atoms with van der Waals surface area (Å²) < 4.78 is 13.1. The molecule has 4 aromatic rings. The van der Waals surface area contributed by atoms with Crippen LogP contribution in [0.15, 0.2) is 24.8 Å². The van der Waals surface area contributed by atoms with Crippen LogP contribution in [0.5, 0.6) is 5.75 Å². The van der Waals surface area contributed by atoms with Crippen LogP contribution in [0.4, 0.5) is 0 Å². The Labute approximate surface area is 221 Å². The Morgan fingerprint density at radius 1 is 1.19 bits per heavy atom. The first-order chi connectivity index (χ1) is 18.1. The monoisotopic (exact) mass is 521 g/mol. The van der Waals surface area contributed by atoms with Crippen molar-refractivity contribution in [3.63, 3.8) is 0 Å². The highest BCUT2D eigenvalue weighted by molar-refractivity contribution is 7.15. The van der Waals surface area contributed by atoms with Gasteiger partial charge in [0.05, 0.1) is 18.9 Å². The van der Waals surface area contributed by atoms with Crippen molar-refractivity contribution < 1.29 is 9.47 Å². The van der Waals surface area contributed by atoms with Gasteiger partial charge in [-0.25, -0.2) is 14.5 Å². The van der Waals surface area contributed by atoms with Gasteiger partial charge in [0, 0.05) is 41.0 Å². The number of rotatable bonds is 8. The first-order valence-corrected chi connectivity index (χ1v) is 14.1. The number of hydrogen-bond acceptors (Lipinski definition) is 8. The highest BCUT2D eigenvalue weighted by Gasteiger charge is 2.36. The predicted molar refractivity (Wildman–Crippen MR) is 144 cm³/mol. The molecule has 4 aromatic heterocycles. The molecule has 1 aliphatic carbocycles. The van der Waals surface area contributed by atoms with Crippen molar-refractivity contribution in [3.05, 3.63) is 35.2 Å². The minimum atomic E-state index is 0.264. The number of nitrogens with one attached hydrogen (secondary N) is 1. The molecule has 5 heterocycles. The first-order valence-electron chi connectivity index (χ1n) is 13.3. The summed E-state index contributed by atoms with van der Waals surface area (Å²) in [6.45, 7) is 9.64. The summed E-state index contributed by atoms with van der Waals surface area (Å²) in [5.41, 5.74) is 4.72. The van der Waals surface area contributed by atoms with E-state index in [4.69, 9.17) is 19.6 Å². The number of nitrogens with zero attached hydrogens (tertiary/aromatic N) is 6. The number of methoxy groups -OCH3 is 1. The van der Waals surface area contributed by atoms with E-state index < -0.39 is 0 Å². The van der Waals surface area contributed by atoms with E-state index in [2.05, 4.69) is 47.0 Å². The van der Waals surface area contributed by atoms with Crippen LogP contribution in [0.2, 0.25) is 0 Å². The normalized spacial score (nSPS) is 21.1. The minimum Gasteiger partial charge on any atom is -0.493 e. The maximum absolute atomic E-state index is 5.76. The molecular weight excluding hydrogens is 486 g/mol. The number of pyridine rings is 1. The second-order valence-electron chi connectivity index (χ2n) is 10.4. The molecular formula is C27H35N7O2S. The Morgan fingerprint density at radius 3 is 2.73 bits per heavy atom. The molecule has 1 N–H and O–H groups in total. The molecule has 2 fully saturated rings. The molecule has 2 aliphatic rings. The summed E-state index contributed by atoms with van der Waals surface area (Å²) in [5.74, 6) is 1.52. The minimum absolute atomic E-state index is 0.264. The smallest absolute Gasteiger partial charge is 0.197 e. The Hall–Kier alpha value is -2.82. The number of aromatic amines is 1. The Kier molecular flexibility index (Phi) is 6.73. The van der Waals surface area contributed by atoms with Crippen molar-refractivity contribution in [1.82, 2.24) is 34.7 Å². The quantitative estimate of drug-likeness (QED) is 0.344. The van der Waals surface area contributed by atoms with E-state index in [1.54, 1.807) is 23.0 Å². The molecule has 6 rings (SSSR count). The van der Waals surface area contributed by atoms with Gasteiger partial charge in [0.25, 0.3) is 0 Å². The van der Waals surface area contributed by atoms with Gasteiger partial charge < -0.3 is 14.4 Å². The van der Waals surface area contributed by atoms with Crippen molar-refractivity contribution >= 4 is 17.0 Å². The number of H-pyrrole nitrogens is 1. The van der Waals surface area contributed by atoms with Gasteiger partial charge in [0.2, 0.25) is 0 Å². The fourth-order valence-electron chi connectivity index (χ4n) is 5.82. The van der Waals surface area contributed by atoms with E-state index in [0.29, 0.717) is 29.5 Å². The summed E-state index contributed by atoms with van der Waals surface area (Å²) in [5, 5.41) is 13.4. The molecule has 0 bridgehead atoms. The van der Waals surface area contributed by atoms with Crippen molar-refractivity contribution in [2.45, 2.75) is 70.4 Å². The molecule has 9 nitrogen and oxygen atoms in total. The lowest BCUT2D eigenvalue weighted by molar-refractivity contribution is -0.0513. The van der Waals surface area contributed by atoms with Crippen LogP contribution in [-0.2, 0) is 4.74 Å². The molecule has 196 valence electrons. The second kappa shape index (κ2) is 10.2. The van der Waals surface area contributed by atoms with Crippen molar-refractivity contribution in [2.75, 3.05) is 26.8 Å². The number of hydrogen-bond donors (Lipinski definition) is 1. The molecule has 0 spiro atoms. The third-order valence-corrected chi connectivity index (χ3v) is 9.04. The van der Waals surface area contributed by atoms with Crippen molar-refractivity contribution in [3.8, 4) is 27.7 Å². The maximum atomic E-state index is 5.76. The molecule has 0 atom stereocenters. The zero-order valence-electron chi connectivity index (χ0n) is 22.0. The van der Waals surface area contributed by atoms with Crippen molar-refractivity contribution in [2.24, 2.45) is 0 Å². The number of ether oxygens (including phenoxy) is 2. The predicted octanol–water partition coefficient (Wildman–Crippen LogP) is 5.12. The number of likely N-dealkylation sites (tertiary alicyclic amines) is 1. The molecule has 1 aliphatic heterocycles. The average Bonchev–Trinajstić information content (AvgIpc) is 3.64. The van der Waals surface area contributed by atoms with Gasteiger partial charge in [-0.05, 0) is 63.6 Å². The maximum Gasteiger partial charge on any atom is 0.197 e. The fraction of sp³-hybridized carbons (Fsp3) is 0.556. The molecule has 10 heteroatoms. The van der Waals surface area contributed by atoms with E-state index in [1.807, 2.05) is 12.3 Å². The lowest BCUT2D eigenvalue weighted by Crippen LogP contribution is -2.50. The van der Waals surface area contributed by atoms with Crippen LogP contribution < -0.4 is 4.74 Å². The van der Waals surface area contributed by atoms with Gasteiger partial charge in [0.15, 0.2) is 11.4 Å². The van der Waals surface area contributed by atoms with Crippen LogP contribution in [-0.4, -0.2) is 73.6 Å². The van der Waals surface area contributed by atoms with Crippen LogP contribution in [0, 0.1) is 0 Å². The number of aromatic nitrogens is 6. The number of fused-ring (bicyclic) bond motifs is 1. The Balaban J connectivity index is 1.21. The van der Waals surface area contributed by atoms with Gasteiger partial charge in [0.1, 0.15) is 17.0 Å². The third-order valence-electron chi connectivity index (χ3n) is 7.88. The van der Waals surface area contributed by atoms with E-state index in [0.717, 1.165) is 47.2 Å². The summed E-state index contributed by atoms with van der Waals surface area (Å²) in [7, 11) is 1.65. The molecule has 1 saturated carbocycles. The summed E-state index contributed by atoms with van der Waals surface area (Å²) in [6.07, 6.45) is 10.8. The van der Waals surface area contributed by atoms with Crippen LogP contribution in [0.3, 0.4) is 0 Å². The molecule has 0 radical (unpaired) electrons. The molecule has 0 unspecified atom stereocenters. The molecule has 1 saturated heterocycles. The number of thiazole rings is 1. The second-order valence-corrected chi connectivity index (χ2v) is 11.5. The van der Waals surface area contributed by atoms with E-state index >= 15 is 0 Å². The van der Waals surface area contributed by atoms with Gasteiger partial charge in [-0.1, -0.05) is 13.8 Å². The average molecular weight is 522 g/mol. The van der Waals surface area contributed by atoms with Gasteiger partial charge in [-0.2, -0.15) is 10.2 Å². The number of piperidine rings is 1. The summed E-state index contributed by atoms with van der Waals surface area (Å²) in [4.78, 5) is 13.2. The fourth-order valence-corrected chi connectivity index (χ4v) is 6.91. The highest BCUT2D eigenvalue weighted by Crippen LogP contribution is 2.41. The molecule has 0 amide bonds. The highest BCUT2D eigenvalue weighted by atomic mass is 32.1. The largest absolute Gasteiger partial charge is 0.493 e. The van der Waals surface area contributed by atoms with E-state index in [-0.39, 0.29) is 5.92 Å². The first kappa shape index (κ1) is 24.5. The molecule has 0 aromatic carbocycles. The lowest BCUT2D eigenvalue weighted by Gasteiger charge is -2.45.